The highest BCUT2D eigenvalue weighted by Gasteiger charge is 2.23. The molecule has 0 radical (unpaired) electrons. The standard InChI is InChI=1S/C11H18FN3O/c1-5-15(9(2)8-14-4)11(16)10(12)6-7-13-3/h6,9,13H,5,7-8H2,1-3H3/b10-6+/t9-/m1/s1. The van der Waals surface area contributed by atoms with Gasteiger partial charge in [-0.3, -0.25) is 4.79 Å². The molecule has 0 aromatic rings. The highest BCUT2D eigenvalue weighted by Crippen LogP contribution is 2.08. The number of nitrogens with one attached hydrogen (secondary N) is 1. The van der Waals surface area contributed by atoms with Crippen molar-refractivity contribution in [1.82, 2.24) is 10.2 Å². The molecule has 0 spiro atoms. The fourth-order valence-corrected chi connectivity index (χ4v) is 1.30. The van der Waals surface area contributed by atoms with Gasteiger partial charge in [-0.1, -0.05) is 0 Å². The van der Waals surface area contributed by atoms with Crippen LogP contribution in [0.2, 0.25) is 0 Å². The van der Waals surface area contributed by atoms with E-state index in [0.717, 1.165) is 0 Å². The molecule has 4 nitrogen and oxygen atoms in total. The Morgan fingerprint density at radius 2 is 2.31 bits per heavy atom. The predicted molar refractivity (Wildman–Crippen MR) is 61.4 cm³/mol. The first-order valence-corrected chi connectivity index (χ1v) is 5.22. The van der Waals surface area contributed by atoms with E-state index < -0.39 is 11.7 Å². The number of likely N-dealkylation sites (N-methyl/N-ethyl adjacent to an activating group) is 2. The van der Waals surface area contributed by atoms with Crippen LogP contribution in [0.3, 0.4) is 0 Å². The number of carbonyl (C=O) groups is 1. The summed E-state index contributed by atoms with van der Waals surface area (Å²) < 4.78 is 13.4. The molecule has 0 aromatic heterocycles. The highest BCUT2D eigenvalue weighted by atomic mass is 19.1. The van der Waals surface area contributed by atoms with Gasteiger partial charge in [-0.15, -0.1) is 0 Å². The molecule has 0 bridgehead atoms. The number of amides is 1. The number of hydrogen-bond acceptors (Lipinski definition) is 2. The lowest BCUT2D eigenvalue weighted by molar-refractivity contribution is -0.130. The Balaban J connectivity index is 4.59. The van der Waals surface area contributed by atoms with Crippen LogP contribution in [0.25, 0.3) is 4.85 Å². The Kier molecular flexibility index (Phi) is 7.14. The molecule has 0 saturated heterocycles. The van der Waals surface area contributed by atoms with Gasteiger partial charge in [0.15, 0.2) is 5.83 Å². The Labute approximate surface area is 95.9 Å². The lowest BCUT2D eigenvalue weighted by Crippen LogP contribution is -2.40. The van der Waals surface area contributed by atoms with E-state index in [1.807, 2.05) is 0 Å². The van der Waals surface area contributed by atoms with Gasteiger partial charge >= 0.3 is 0 Å². The molecule has 0 aliphatic rings. The average molecular weight is 227 g/mol. The zero-order valence-electron chi connectivity index (χ0n) is 9.96. The molecule has 0 heterocycles. The molecule has 0 unspecified atom stereocenters. The second-order valence-electron chi connectivity index (χ2n) is 3.39. The minimum atomic E-state index is -0.770. The highest BCUT2D eigenvalue weighted by molar-refractivity contribution is 5.91. The van der Waals surface area contributed by atoms with Gasteiger partial charge in [-0.2, -0.15) is 0 Å². The fraction of sp³-hybridized carbons (Fsp3) is 0.636. The third-order valence-electron chi connectivity index (χ3n) is 2.18. The van der Waals surface area contributed by atoms with Crippen LogP contribution in [0.5, 0.6) is 0 Å². The summed E-state index contributed by atoms with van der Waals surface area (Å²) in [6, 6.07) is -0.260. The molecule has 0 rings (SSSR count). The molecule has 1 atom stereocenters. The van der Waals surface area contributed by atoms with Crippen LogP contribution in [0.15, 0.2) is 11.9 Å². The van der Waals surface area contributed by atoms with Gasteiger partial charge < -0.3 is 15.1 Å². The summed E-state index contributed by atoms with van der Waals surface area (Å²) in [5, 5.41) is 2.73. The molecule has 1 N–H and O–H groups in total. The maximum Gasteiger partial charge on any atom is 0.282 e. The summed E-state index contributed by atoms with van der Waals surface area (Å²) in [4.78, 5) is 16.2. The minimum absolute atomic E-state index is 0.193. The van der Waals surface area contributed by atoms with E-state index in [0.29, 0.717) is 13.1 Å². The van der Waals surface area contributed by atoms with Crippen molar-refractivity contribution in [2.75, 3.05) is 26.7 Å². The SMILES string of the molecule is [C-]#[N+]C[C@@H](C)N(CC)C(=O)/C(F)=C\CNC. The molecular formula is C11H18FN3O. The maximum atomic E-state index is 13.4. The van der Waals surface area contributed by atoms with Crippen LogP contribution in [0.4, 0.5) is 4.39 Å². The summed E-state index contributed by atoms with van der Waals surface area (Å²) in [7, 11) is 1.67. The molecule has 1 amide bonds. The Hall–Kier alpha value is -1.41. The molecule has 0 saturated carbocycles. The van der Waals surface area contributed by atoms with Gasteiger partial charge in [0.05, 0.1) is 0 Å². The minimum Gasteiger partial charge on any atom is -0.327 e. The van der Waals surface area contributed by atoms with Crippen molar-refractivity contribution in [2.45, 2.75) is 19.9 Å². The lowest BCUT2D eigenvalue weighted by atomic mass is 10.2. The number of nitrogens with zero attached hydrogens (tertiary/aromatic N) is 2. The first kappa shape index (κ1) is 14.6. The zero-order chi connectivity index (χ0) is 12.6. The van der Waals surface area contributed by atoms with Crippen molar-refractivity contribution in [1.29, 1.82) is 0 Å². The fourth-order valence-electron chi connectivity index (χ4n) is 1.30. The van der Waals surface area contributed by atoms with Crippen LogP contribution in [-0.4, -0.2) is 43.5 Å². The topological polar surface area (TPSA) is 36.7 Å². The molecule has 90 valence electrons. The number of carbonyl (C=O) groups excluding carboxylic acids is 1. The van der Waals surface area contributed by atoms with E-state index in [1.165, 1.54) is 11.0 Å². The van der Waals surface area contributed by atoms with E-state index in [1.54, 1.807) is 20.9 Å². The van der Waals surface area contributed by atoms with E-state index in [-0.39, 0.29) is 12.6 Å². The van der Waals surface area contributed by atoms with Gasteiger partial charge in [0.1, 0.15) is 6.04 Å². The Morgan fingerprint density at radius 3 is 2.75 bits per heavy atom. The molecular weight excluding hydrogens is 209 g/mol. The Morgan fingerprint density at radius 1 is 1.69 bits per heavy atom. The van der Waals surface area contributed by atoms with Crippen molar-refractivity contribution in [3.63, 3.8) is 0 Å². The molecule has 0 aliphatic carbocycles. The number of halogens is 1. The van der Waals surface area contributed by atoms with Crippen molar-refractivity contribution in [2.24, 2.45) is 0 Å². The summed E-state index contributed by atoms with van der Waals surface area (Å²) in [5.74, 6) is -1.41. The van der Waals surface area contributed by atoms with Crippen molar-refractivity contribution in [3.05, 3.63) is 23.3 Å². The normalized spacial score (nSPS) is 13.1. The second-order valence-corrected chi connectivity index (χ2v) is 3.39. The van der Waals surface area contributed by atoms with E-state index in [4.69, 9.17) is 6.57 Å². The van der Waals surface area contributed by atoms with Gasteiger partial charge in [-0.05, 0) is 27.0 Å². The van der Waals surface area contributed by atoms with Crippen molar-refractivity contribution in [3.8, 4) is 0 Å². The van der Waals surface area contributed by atoms with Gasteiger partial charge in [0.2, 0.25) is 6.54 Å². The van der Waals surface area contributed by atoms with E-state index >= 15 is 0 Å². The van der Waals surface area contributed by atoms with Crippen molar-refractivity contribution >= 4 is 5.91 Å². The van der Waals surface area contributed by atoms with Crippen LogP contribution in [0, 0.1) is 6.57 Å². The smallest absolute Gasteiger partial charge is 0.282 e. The molecule has 0 aliphatic heterocycles. The second kappa shape index (κ2) is 7.83. The first-order valence-electron chi connectivity index (χ1n) is 5.22. The largest absolute Gasteiger partial charge is 0.327 e. The monoisotopic (exact) mass is 227 g/mol. The van der Waals surface area contributed by atoms with Crippen LogP contribution in [-0.2, 0) is 4.79 Å². The van der Waals surface area contributed by atoms with Crippen molar-refractivity contribution < 1.29 is 9.18 Å². The summed E-state index contributed by atoms with van der Waals surface area (Å²) in [5.41, 5.74) is 0. The number of hydrogen-bond donors (Lipinski definition) is 1. The molecule has 0 aromatic carbocycles. The van der Waals surface area contributed by atoms with E-state index in [9.17, 15) is 9.18 Å². The molecule has 5 heteroatoms. The number of rotatable bonds is 6. The lowest BCUT2D eigenvalue weighted by Gasteiger charge is -2.23. The third kappa shape index (κ3) is 4.41. The summed E-state index contributed by atoms with van der Waals surface area (Å²) in [6.45, 7) is 11.1. The molecule has 16 heavy (non-hydrogen) atoms. The van der Waals surface area contributed by atoms with Crippen LogP contribution >= 0.6 is 0 Å². The molecule has 0 fully saturated rings. The quantitative estimate of drug-likeness (QED) is 0.547. The summed E-state index contributed by atoms with van der Waals surface area (Å²) in [6.07, 6.45) is 1.20. The van der Waals surface area contributed by atoms with Crippen LogP contribution in [0.1, 0.15) is 13.8 Å². The summed E-state index contributed by atoms with van der Waals surface area (Å²) >= 11 is 0. The first-order chi connectivity index (χ1) is 7.58. The predicted octanol–water partition coefficient (Wildman–Crippen LogP) is 1.22. The third-order valence-corrected chi connectivity index (χ3v) is 2.18. The average Bonchev–Trinajstić information content (AvgIpc) is 2.27. The Bertz CT molecular complexity index is 296. The van der Waals surface area contributed by atoms with Gasteiger partial charge in [0, 0.05) is 13.1 Å². The maximum absolute atomic E-state index is 13.4. The van der Waals surface area contributed by atoms with Crippen LogP contribution < -0.4 is 5.32 Å². The van der Waals surface area contributed by atoms with E-state index in [2.05, 4.69) is 10.2 Å². The van der Waals surface area contributed by atoms with Gasteiger partial charge in [-0.25, -0.2) is 11.0 Å². The zero-order valence-corrected chi connectivity index (χ0v) is 9.96. The van der Waals surface area contributed by atoms with Gasteiger partial charge in [0.25, 0.3) is 5.91 Å².